The van der Waals surface area contributed by atoms with Gasteiger partial charge in [-0.05, 0) is 56.2 Å². The van der Waals surface area contributed by atoms with Crippen molar-refractivity contribution in [2.45, 2.75) is 162 Å². The van der Waals surface area contributed by atoms with Gasteiger partial charge >= 0.3 is 0 Å². The Labute approximate surface area is 202 Å². The highest BCUT2D eigenvalue weighted by Crippen LogP contribution is 2.17. The molecule has 1 aromatic heterocycles. The van der Waals surface area contributed by atoms with E-state index < -0.39 is 0 Å². The Bertz CT molecular complexity index is 481. The van der Waals surface area contributed by atoms with Gasteiger partial charge in [0.05, 0.1) is 0 Å². The highest BCUT2D eigenvalue weighted by atomic mass is 14.7. The first-order chi connectivity index (χ1) is 15.8. The van der Waals surface area contributed by atoms with Gasteiger partial charge in [0.15, 0.2) is 0 Å². The van der Waals surface area contributed by atoms with E-state index in [0.29, 0.717) is 0 Å². The maximum absolute atomic E-state index is 5.06. The third kappa shape index (κ3) is 16.7. The van der Waals surface area contributed by atoms with Crippen LogP contribution in [0.15, 0.2) is 12.1 Å². The minimum atomic E-state index is 1.03. The predicted octanol–water partition coefficient (Wildman–Crippen LogP) is 10.4. The summed E-state index contributed by atoms with van der Waals surface area (Å²) in [5, 5.41) is 0. The fourth-order valence-corrected chi connectivity index (χ4v) is 4.68. The van der Waals surface area contributed by atoms with E-state index >= 15 is 0 Å². The first kappa shape index (κ1) is 29.2. The van der Waals surface area contributed by atoms with Gasteiger partial charge in [0.1, 0.15) is 0 Å². The Morgan fingerprint density at radius 1 is 0.500 bits per heavy atom. The molecule has 1 radical (unpaired) electrons. The second kappa shape index (κ2) is 22.0. The SMILES string of the molecule is [CH2]CCCc1cc(CCCCCCCCCCC)nc(CCCCCCCCCCC)c1. The summed E-state index contributed by atoms with van der Waals surface area (Å²) < 4.78 is 0. The van der Waals surface area contributed by atoms with Crippen LogP contribution in [0.25, 0.3) is 0 Å². The average Bonchev–Trinajstić information content (AvgIpc) is 2.80. The number of aromatic nitrogens is 1. The average molecular weight is 443 g/mol. The monoisotopic (exact) mass is 442 g/mol. The smallest absolute Gasteiger partial charge is 0.0409 e. The molecular formula is C31H56N. The molecule has 0 aliphatic carbocycles. The molecule has 0 saturated carbocycles. The molecule has 0 bridgehead atoms. The molecule has 1 aromatic rings. The zero-order valence-corrected chi connectivity index (χ0v) is 22.1. The second-order valence-electron chi connectivity index (χ2n) is 10.1. The largest absolute Gasteiger partial charge is 0.258 e. The van der Waals surface area contributed by atoms with Crippen molar-refractivity contribution in [1.82, 2.24) is 4.98 Å². The summed E-state index contributed by atoms with van der Waals surface area (Å²) in [6, 6.07) is 4.78. The molecule has 1 rings (SSSR count). The highest BCUT2D eigenvalue weighted by molar-refractivity contribution is 5.22. The normalized spacial score (nSPS) is 11.3. The lowest BCUT2D eigenvalue weighted by Crippen LogP contribution is -2.00. The van der Waals surface area contributed by atoms with E-state index in [4.69, 9.17) is 4.98 Å². The summed E-state index contributed by atoms with van der Waals surface area (Å²) in [7, 11) is 0. The summed E-state index contributed by atoms with van der Waals surface area (Å²) in [5.41, 5.74) is 4.20. The van der Waals surface area contributed by atoms with E-state index in [1.165, 1.54) is 158 Å². The van der Waals surface area contributed by atoms with E-state index in [0.717, 1.165) is 6.42 Å². The summed E-state index contributed by atoms with van der Waals surface area (Å²) in [6.45, 7) is 8.62. The number of hydrogen-bond acceptors (Lipinski definition) is 1. The molecule has 0 spiro atoms. The molecule has 1 heteroatoms. The number of unbranched alkanes of at least 4 members (excludes halogenated alkanes) is 17. The Morgan fingerprint density at radius 3 is 1.25 bits per heavy atom. The molecular weight excluding hydrogens is 386 g/mol. The van der Waals surface area contributed by atoms with Gasteiger partial charge in [-0.3, -0.25) is 4.98 Å². The molecule has 0 fully saturated rings. The van der Waals surface area contributed by atoms with E-state index in [9.17, 15) is 0 Å². The van der Waals surface area contributed by atoms with Crippen LogP contribution in [0, 0.1) is 6.92 Å². The van der Waals surface area contributed by atoms with Crippen LogP contribution in [0.5, 0.6) is 0 Å². The lowest BCUT2D eigenvalue weighted by Gasteiger charge is -2.10. The molecule has 1 nitrogen and oxygen atoms in total. The second-order valence-corrected chi connectivity index (χ2v) is 10.1. The van der Waals surface area contributed by atoms with E-state index in [1.54, 1.807) is 0 Å². The fraction of sp³-hybridized carbons (Fsp3) is 0.806. The summed E-state index contributed by atoms with van der Waals surface area (Å²) in [5.74, 6) is 0. The molecule has 0 unspecified atom stereocenters. The Morgan fingerprint density at radius 2 is 0.875 bits per heavy atom. The van der Waals surface area contributed by atoms with Gasteiger partial charge in [-0.1, -0.05) is 130 Å². The topological polar surface area (TPSA) is 12.9 Å². The molecule has 0 N–H and O–H groups in total. The Kier molecular flexibility index (Phi) is 20.0. The van der Waals surface area contributed by atoms with Crippen molar-refractivity contribution in [1.29, 1.82) is 0 Å². The van der Waals surface area contributed by atoms with E-state index in [1.807, 2.05) is 0 Å². The third-order valence-corrected chi connectivity index (χ3v) is 6.78. The van der Waals surface area contributed by atoms with Crippen molar-refractivity contribution >= 4 is 0 Å². The number of hydrogen-bond donors (Lipinski definition) is 0. The van der Waals surface area contributed by atoms with Crippen molar-refractivity contribution < 1.29 is 0 Å². The Balaban J connectivity index is 2.29. The standard InChI is InChI=1S/C31H56N/c1-4-7-10-12-14-16-18-20-22-25-30-27-29(24-9-6-3)28-31(32-30)26-23-21-19-17-15-13-11-8-5-2/h27-28H,3-26H2,1-2H3. The molecule has 0 saturated heterocycles. The minimum absolute atomic E-state index is 1.03. The van der Waals surface area contributed by atoms with Gasteiger partial charge in [-0.25, -0.2) is 0 Å². The lowest BCUT2D eigenvalue weighted by atomic mass is 10.0. The van der Waals surface area contributed by atoms with Crippen LogP contribution in [-0.4, -0.2) is 4.98 Å². The highest BCUT2D eigenvalue weighted by Gasteiger charge is 2.04. The van der Waals surface area contributed by atoms with Crippen LogP contribution in [0.2, 0.25) is 0 Å². The summed E-state index contributed by atoms with van der Waals surface area (Å²) >= 11 is 0. The van der Waals surface area contributed by atoms with Crippen LogP contribution in [0.1, 0.15) is 159 Å². The van der Waals surface area contributed by atoms with Crippen molar-refractivity contribution in [3.05, 3.63) is 36.0 Å². The molecule has 1 heterocycles. The zero-order chi connectivity index (χ0) is 23.1. The molecule has 0 atom stereocenters. The first-order valence-corrected chi connectivity index (χ1v) is 14.6. The maximum Gasteiger partial charge on any atom is 0.0409 e. The van der Waals surface area contributed by atoms with Gasteiger partial charge in [0, 0.05) is 11.4 Å². The predicted molar refractivity (Wildman–Crippen MR) is 144 cm³/mol. The van der Waals surface area contributed by atoms with Crippen LogP contribution >= 0.6 is 0 Å². The molecule has 0 aromatic carbocycles. The molecule has 185 valence electrons. The van der Waals surface area contributed by atoms with Gasteiger partial charge in [0.2, 0.25) is 0 Å². The maximum atomic E-state index is 5.06. The number of pyridine rings is 1. The van der Waals surface area contributed by atoms with Gasteiger partial charge in [-0.2, -0.15) is 0 Å². The fourth-order valence-electron chi connectivity index (χ4n) is 4.68. The molecule has 0 aliphatic heterocycles. The Hall–Kier alpha value is -0.850. The van der Waals surface area contributed by atoms with Crippen LogP contribution < -0.4 is 0 Å². The molecule has 0 amide bonds. The van der Waals surface area contributed by atoms with Crippen LogP contribution in [-0.2, 0) is 19.3 Å². The van der Waals surface area contributed by atoms with Gasteiger partial charge < -0.3 is 0 Å². The number of nitrogens with zero attached hydrogens (tertiary/aromatic N) is 1. The molecule has 0 aliphatic rings. The third-order valence-electron chi connectivity index (χ3n) is 6.78. The van der Waals surface area contributed by atoms with Crippen LogP contribution in [0.3, 0.4) is 0 Å². The first-order valence-electron chi connectivity index (χ1n) is 14.6. The van der Waals surface area contributed by atoms with Gasteiger partial charge in [-0.15, -0.1) is 0 Å². The van der Waals surface area contributed by atoms with E-state index in [2.05, 4.69) is 32.9 Å². The minimum Gasteiger partial charge on any atom is -0.258 e. The number of aryl methyl sites for hydroxylation is 3. The summed E-state index contributed by atoms with van der Waals surface area (Å²) in [4.78, 5) is 5.06. The lowest BCUT2D eigenvalue weighted by molar-refractivity contribution is 0.560. The number of rotatable bonds is 23. The zero-order valence-electron chi connectivity index (χ0n) is 22.1. The van der Waals surface area contributed by atoms with E-state index in [-0.39, 0.29) is 0 Å². The quantitative estimate of drug-likeness (QED) is 0.154. The van der Waals surface area contributed by atoms with Crippen molar-refractivity contribution in [3.8, 4) is 0 Å². The van der Waals surface area contributed by atoms with Crippen molar-refractivity contribution in [2.75, 3.05) is 0 Å². The molecule has 32 heavy (non-hydrogen) atoms. The van der Waals surface area contributed by atoms with Crippen LogP contribution in [0.4, 0.5) is 0 Å². The van der Waals surface area contributed by atoms with Gasteiger partial charge in [0.25, 0.3) is 0 Å². The van der Waals surface area contributed by atoms with Crippen molar-refractivity contribution in [2.24, 2.45) is 0 Å². The summed E-state index contributed by atoms with van der Waals surface area (Å²) in [6.07, 6.45) is 30.8. The van der Waals surface area contributed by atoms with Crippen molar-refractivity contribution in [3.63, 3.8) is 0 Å².